The van der Waals surface area contributed by atoms with E-state index in [4.69, 9.17) is 0 Å². The zero-order valence-corrected chi connectivity index (χ0v) is 11.1. The van der Waals surface area contributed by atoms with Gasteiger partial charge in [-0.05, 0) is 24.5 Å². The van der Waals surface area contributed by atoms with Crippen LogP contribution in [0.3, 0.4) is 0 Å². The van der Waals surface area contributed by atoms with Crippen LogP contribution in [0.2, 0.25) is 0 Å². The van der Waals surface area contributed by atoms with Gasteiger partial charge in [0.15, 0.2) is 0 Å². The van der Waals surface area contributed by atoms with E-state index in [0.717, 1.165) is 23.6 Å². The Hall–Kier alpha value is -1.36. The molecular weight excluding hydrogens is 266 g/mol. The lowest BCUT2D eigenvalue weighted by Crippen LogP contribution is -1.99. The van der Waals surface area contributed by atoms with Crippen molar-refractivity contribution in [2.24, 2.45) is 0 Å². The molecule has 2 nitrogen and oxygen atoms in total. The summed E-state index contributed by atoms with van der Waals surface area (Å²) in [4.78, 5) is 0. The second-order valence-corrected chi connectivity index (χ2v) is 5.65. The number of nitrogens with zero attached hydrogens (tertiary/aromatic N) is 2. The van der Waals surface area contributed by atoms with Crippen LogP contribution in [0.5, 0.6) is 0 Å². The van der Waals surface area contributed by atoms with Crippen molar-refractivity contribution < 1.29 is 8.78 Å². The molecule has 1 saturated carbocycles. The van der Waals surface area contributed by atoms with Crippen LogP contribution in [0.4, 0.5) is 8.78 Å². The van der Waals surface area contributed by atoms with Gasteiger partial charge in [0.2, 0.25) is 0 Å². The minimum atomic E-state index is -2.49. The van der Waals surface area contributed by atoms with Gasteiger partial charge in [0.05, 0.1) is 11.1 Å². The SMILES string of the molecule is FC(F)c1cc(SCc2ccccc2)n(C2CC2)n1. The maximum absolute atomic E-state index is 12.7. The van der Waals surface area contributed by atoms with Crippen molar-refractivity contribution >= 4 is 11.8 Å². The van der Waals surface area contributed by atoms with Gasteiger partial charge in [-0.1, -0.05) is 30.3 Å². The Bertz CT molecular complexity index is 550. The fourth-order valence-corrected chi connectivity index (χ4v) is 2.96. The van der Waals surface area contributed by atoms with E-state index in [9.17, 15) is 8.78 Å². The average molecular weight is 280 g/mol. The molecule has 0 bridgehead atoms. The summed E-state index contributed by atoms with van der Waals surface area (Å²) in [6.45, 7) is 0. The monoisotopic (exact) mass is 280 g/mol. The molecule has 1 aliphatic rings. The molecule has 0 amide bonds. The van der Waals surface area contributed by atoms with Crippen LogP contribution in [0.1, 0.15) is 36.6 Å². The topological polar surface area (TPSA) is 17.8 Å². The Morgan fingerprint density at radius 2 is 2.00 bits per heavy atom. The minimum Gasteiger partial charge on any atom is -0.256 e. The molecule has 0 saturated heterocycles. The zero-order chi connectivity index (χ0) is 13.2. The van der Waals surface area contributed by atoms with Gasteiger partial charge >= 0.3 is 0 Å². The lowest BCUT2D eigenvalue weighted by Gasteiger charge is -2.05. The molecule has 0 aliphatic heterocycles. The first kappa shape index (κ1) is 12.7. The van der Waals surface area contributed by atoms with Gasteiger partial charge in [0.25, 0.3) is 6.43 Å². The summed E-state index contributed by atoms with van der Waals surface area (Å²) >= 11 is 1.57. The normalized spacial score (nSPS) is 15.1. The maximum Gasteiger partial charge on any atom is 0.282 e. The second-order valence-electron chi connectivity index (χ2n) is 4.66. The molecule has 0 radical (unpaired) electrons. The highest BCUT2D eigenvalue weighted by Gasteiger charge is 2.28. The Morgan fingerprint density at radius 3 is 2.63 bits per heavy atom. The van der Waals surface area contributed by atoms with Crippen LogP contribution in [0.25, 0.3) is 0 Å². The van der Waals surface area contributed by atoms with Crippen molar-refractivity contribution in [1.29, 1.82) is 0 Å². The molecule has 100 valence electrons. The lowest BCUT2D eigenvalue weighted by atomic mass is 10.2. The number of rotatable bonds is 5. The highest BCUT2D eigenvalue weighted by molar-refractivity contribution is 7.98. The van der Waals surface area contributed by atoms with Gasteiger partial charge in [0, 0.05) is 5.75 Å². The lowest BCUT2D eigenvalue weighted by molar-refractivity contribution is 0.145. The van der Waals surface area contributed by atoms with Crippen LogP contribution in [0.15, 0.2) is 41.4 Å². The van der Waals surface area contributed by atoms with E-state index in [1.54, 1.807) is 16.4 Å². The zero-order valence-electron chi connectivity index (χ0n) is 10.3. The molecule has 19 heavy (non-hydrogen) atoms. The fourth-order valence-electron chi connectivity index (χ4n) is 1.92. The first-order chi connectivity index (χ1) is 9.24. The van der Waals surface area contributed by atoms with E-state index in [-0.39, 0.29) is 5.69 Å². The Morgan fingerprint density at radius 1 is 1.26 bits per heavy atom. The highest BCUT2D eigenvalue weighted by atomic mass is 32.2. The molecule has 0 unspecified atom stereocenters. The quantitative estimate of drug-likeness (QED) is 0.753. The van der Waals surface area contributed by atoms with Gasteiger partial charge in [0.1, 0.15) is 5.69 Å². The Labute approximate surface area is 114 Å². The molecule has 2 aromatic rings. The molecular formula is C14H14F2N2S. The summed E-state index contributed by atoms with van der Waals surface area (Å²) in [6.07, 6.45) is -0.400. The predicted octanol–water partition coefficient (Wildman–Crippen LogP) is 4.45. The van der Waals surface area contributed by atoms with Gasteiger partial charge in [-0.15, -0.1) is 11.8 Å². The minimum absolute atomic E-state index is 0.109. The van der Waals surface area contributed by atoms with E-state index >= 15 is 0 Å². The first-order valence-corrected chi connectivity index (χ1v) is 7.27. The molecule has 3 rings (SSSR count). The molecule has 1 fully saturated rings. The number of aromatic nitrogens is 2. The van der Waals surface area contributed by atoms with Crippen LogP contribution >= 0.6 is 11.8 Å². The molecule has 1 aliphatic carbocycles. The fraction of sp³-hybridized carbons (Fsp3) is 0.357. The van der Waals surface area contributed by atoms with E-state index < -0.39 is 6.43 Å². The van der Waals surface area contributed by atoms with Crippen molar-refractivity contribution in [1.82, 2.24) is 9.78 Å². The Balaban J connectivity index is 1.76. The van der Waals surface area contributed by atoms with E-state index in [1.807, 2.05) is 30.3 Å². The van der Waals surface area contributed by atoms with Crippen LogP contribution in [-0.4, -0.2) is 9.78 Å². The molecule has 1 aromatic heterocycles. The van der Waals surface area contributed by atoms with E-state index in [1.165, 1.54) is 11.6 Å². The number of thioether (sulfide) groups is 1. The van der Waals surface area contributed by atoms with Crippen molar-refractivity contribution in [2.75, 3.05) is 0 Å². The molecule has 0 N–H and O–H groups in total. The third-order valence-corrected chi connectivity index (χ3v) is 4.14. The number of hydrogen-bond acceptors (Lipinski definition) is 2. The van der Waals surface area contributed by atoms with Gasteiger partial charge in [-0.2, -0.15) is 5.10 Å². The standard InChI is InChI=1S/C14H14F2N2S/c15-14(16)12-8-13(18(17-12)11-6-7-11)19-9-10-4-2-1-3-5-10/h1-5,8,11,14H,6-7,9H2. The van der Waals surface area contributed by atoms with Crippen molar-refractivity contribution in [2.45, 2.75) is 36.1 Å². The molecule has 0 atom stereocenters. The van der Waals surface area contributed by atoms with Crippen molar-refractivity contribution in [3.8, 4) is 0 Å². The third-order valence-electron chi connectivity index (χ3n) is 3.07. The molecule has 1 aromatic carbocycles. The number of benzene rings is 1. The average Bonchev–Trinajstić information content (AvgIpc) is 3.17. The van der Waals surface area contributed by atoms with Crippen molar-refractivity contribution in [3.63, 3.8) is 0 Å². The highest BCUT2D eigenvalue weighted by Crippen LogP contribution is 2.39. The van der Waals surface area contributed by atoms with E-state index in [2.05, 4.69) is 5.10 Å². The summed E-state index contributed by atoms with van der Waals surface area (Å²) in [6, 6.07) is 11.9. The summed E-state index contributed by atoms with van der Waals surface area (Å²) in [5, 5.41) is 4.88. The number of hydrogen-bond donors (Lipinski definition) is 0. The van der Waals surface area contributed by atoms with Gasteiger partial charge in [-0.25, -0.2) is 8.78 Å². The third kappa shape index (κ3) is 2.97. The first-order valence-electron chi connectivity index (χ1n) is 6.28. The Kier molecular flexibility index (Phi) is 3.55. The maximum atomic E-state index is 12.7. The van der Waals surface area contributed by atoms with Crippen molar-refractivity contribution in [3.05, 3.63) is 47.7 Å². The van der Waals surface area contributed by atoms with E-state index in [0.29, 0.717) is 6.04 Å². The van der Waals surface area contributed by atoms with Crippen LogP contribution in [0, 0.1) is 0 Å². The number of halogens is 2. The second kappa shape index (κ2) is 5.33. The van der Waals surface area contributed by atoms with Gasteiger partial charge in [-0.3, -0.25) is 4.68 Å². The summed E-state index contributed by atoms with van der Waals surface area (Å²) < 4.78 is 27.2. The smallest absolute Gasteiger partial charge is 0.256 e. The van der Waals surface area contributed by atoms with Crippen LogP contribution < -0.4 is 0 Å². The molecule has 0 spiro atoms. The number of alkyl halides is 2. The van der Waals surface area contributed by atoms with Crippen LogP contribution in [-0.2, 0) is 5.75 Å². The largest absolute Gasteiger partial charge is 0.282 e. The molecule has 5 heteroatoms. The predicted molar refractivity (Wildman–Crippen MR) is 71.5 cm³/mol. The molecule has 1 heterocycles. The summed E-state index contributed by atoms with van der Waals surface area (Å²) in [5.74, 6) is 0.780. The summed E-state index contributed by atoms with van der Waals surface area (Å²) in [5.41, 5.74) is 1.08. The summed E-state index contributed by atoms with van der Waals surface area (Å²) in [7, 11) is 0. The van der Waals surface area contributed by atoms with Gasteiger partial charge < -0.3 is 0 Å².